The van der Waals surface area contributed by atoms with Crippen LogP contribution in [0.25, 0.3) is 0 Å². The van der Waals surface area contributed by atoms with Crippen LogP contribution in [0.15, 0.2) is 12.5 Å². The summed E-state index contributed by atoms with van der Waals surface area (Å²) >= 11 is 0. The van der Waals surface area contributed by atoms with Crippen molar-refractivity contribution in [2.24, 2.45) is 11.3 Å². The average molecular weight is 365 g/mol. The molecule has 1 saturated carbocycles. The highest BCUT2D eigenvalue weighted by Crippen LogP contribution is 2.42. The molecule has 7 heteroatoms. The number of amides is 1. The molecule has 1 aromatic rings. The minimum absolute atomic E-state index is 0.0463. The number of carbonyl (C=O) groups is 2. The summed E-state index contributed by atoms with van der Waals surface area (Å²) in [5.41, 5.74) is 1.01. The van der Waals surface area contributed by atoms with E-state index in [9.17, 15) is 9.59 Å². The highest BCUT2D eigenvalue weighted by Gasteiger charge is 2.35. The van der Waals surface area contributed by atoms with Crippen LogP contribution in [0.2, 0.25) is 0 Å². The van der Waals surface area contributed by atoms with Crippen LogP contribution < -0.4 is 5.32 Å². The first-order valence-electron chi connectivity index (χ1n) is 9.30. The summed E-state index contributed by atoms with van der Waals surface area (Å²) < 4.78 is 10.6. The van der Waals surface area contributed by atoms with Gasteiger partial charge in [-0.15, -0.1) is 0 Å². The summed E-state index contributed by atoms with van der Waals surface area (Å²) in [6.07, 6.45) is 7.79. The molecule has 0 bridgehead atoms. The molecule has 26 heavy (non-hydrogen) atoms. The maximum Gasteiger partial charge on any atom is 0.328 e. The Hall–Kier alpha value is -1.89. The molecule has 0 aliphatic heterocycles. The molecule has 0 aromatic carbocycles. The third-order valence-electron chi connectivity index (χ3n) is 5.61. The van der Waals surface area contributed by atoms with Crippen LogP contribution in [0.5, 0.6) is 0 Å². The van der Waals surface area contributed by atoms with Gasteiger partial charge in [-0.1, -0.05) is 27.2 Å². The minimum Gasteiger partial charge on any atom is -0.467 e. The number of aromatic amines is 1. The van der Waals surface area contributed by atoms with Crippen molar-refractivity contribution in [3.05, 3.63) is 18.2 Å². The monoisotopic (exact) mass is 365 g/mol. The predicted molar refractivity (Wildman–Crippen MR) is 97.4 cm³/mol. The first kappa shape index (κ1) is 20.4. The first-order valence-corrected chi connectivity index (χ1v) is 9.30. The van der Waals surface area contributed by atoms with E-state index in [0.29, 0.717) is 12.3 Å². The summed E-state index contributed by atoms with van der Waals surface area (Å²) in [5, 5.41) is 2.70. The van der Waals surface area contributed by atoms with Gasteiger partial charge in [0, 0.05) is 18.3 Å². The van der Waals surface area contributed by atoms with Gasteiger partial charge in [0.25, 0.3) is 0 Å². The molecular formula is C19H31N3O4. The number of esters is 1. The number of H-pyrrole nitrogens is 1. The summed E-state index contributed by atoms with van der Waals surface area (Å²) in [7, 11) is 1.31. The fourth-order valence-corrected chi connectivity index (χ4v) is 3.51. The van der Waals surface area contributed by atoms with Gasteiger partial charge in [-0.25, -0.2) is 9.78 Å². The maximum absolute atomic E-state index is 12.3. The van der Waals surface area contributed by atoms with Crippen LogP contribution in [0.1, 0.15) is 52.1 Å². The Balaban J connectivity index is 1.84. The van der Waals surface area contributed by atoms with E-state index in [1.807, 2.05) is 0 Å². The molecule has 1 fully saturated rings. The zero-order valence-electron chi connectivity index (χ0n) is 16.2. The number of hydrogen-bond acceptors (Lipinski definition) is 5. The average Bonchev–Trinajstić information content (AvgIpc) is 3.12. The highest BCUT2D eigenvalue weighted by atomic mass is 16.5. The van der Waals surface area contributed by atoms with E-state index in [2.05, 4.69) is 36.1 Å². The first-order chi connectivity index (χ1) is 12.3. The zero-order valence-corrected chi connectivity index (χ0v) is 16.2. The number of methoxy groups -OCH3 is 1. The molecule has 1 aromatic heterocycles. The Morgan fingerprint density at radius 2 is 2.23 bits per heavy atom. The fourth-order valence-electron chi connectivity index (χ4n) is 3.51. The van der Waals surface area contributed by atoms with E-state index in [0.717, 1.165) is 25.0 Å². The van der Waals surface area contributed by atoms with Gasteiger partial charge >= 0.3 is 5.97 Å². The normalized spacial score (nSPS) is 24.3. The van der Waals surface area contributed by atoms with Crippen LogP contribution in [0.3, 0.4) is 0 Å². The molecule has 0 spiro atoms. The molecule has 0 radical (unpaired) electrons. The van der Waals surface area contributed by atoms with Gasteiger partial charge in [-0.05, 0) is 30.6 Å². The van der Waals surface area contributed by atoms with Gasteiger partial charge in [-0.3, -0.25) is 4.79 Å². The van der Waals surface area contributed by atoms with Crippen molar-refractivity contribution in [1.82, 2.24) is 15.3 Å². The Morgan fingerprint density at radius 3 is 2.85 bits per heavy atom. The van der Waals surface area contributed by atoms with Crippen LogP contribution in [0.4, 0.5) is 0 Å². The molecule has 1 heterocycles. The number of rotatable bonds is 8. The van der Waals surface area contributed by atoms with Gasteiger partial charge in [0.05, 0.1) is 19.5 Å². The molecular weight excluding hydrogens is 334 g/mol. The number of carbonyl (C=O) groups excluding carboxylic acids is 2. The number of aromatic nitrogens is 2. The van der Waals surface area contributed by atoms with Crippen molar-refractivity contribution in [1.29, 1.82) is 0 Å². The number of imidazole rings is 1. The lowest BCUT2D eigenvalue weighted by Gasteiger charge is -2.41. The van der Waals surface area contributed by atoms with Crippen LogP contribution in [-0.2, 0) is 25.5 Å². The molecule has 146 valence electrons. The Labute approximate surface area is 155 Å². The number of nitrogens with zero attached hydrogens (tertiary/aromatic N) is 1. The predicted octanol–water partition coefficient (Wildman–Crippen LogP) is 2.23. The van der Waals surface area contributed by atoms with E-state index >= 15 is 0 Å². The Bertz CT molecular complexity index is 588. The topological polar surface area (TPSA) is 93.3 Å². The standard InChI is InChI=1S/C19H31N3O4/c1-13(2)19(3)7-5-6-15(9-19)26-11-17(23)22-16(18(24)25-4)8-14-10-20-12-21-14/h10,12-13,15-16H,5-9,11H2,1-4H3,(H,20,21)(H,22,23)/t15?,16-,19?/m1/s1. The van der Waals surface area contributed by atoms with Crippen LogP contribution in [0, 0.1) is 11.3 Å². The molecule has 2 N–H and O–H groups in total. The number of ether oxygens (including phenoxy) is 2. The number of hydrogen-bond donors (Lipinski definition) is 2. The molecule has 0 saturated heterocycles. The third-order valence-corrected chi connectivity index (χ3v) is 5.61. The van der Waals surface area contributed by atoms with Crippen molar-refractivity contribution in [3.63, 3.8) is 0 Å². The number of nitrogens with one attached hydrogen (secondary N) is 2. The second-order valence-electron chi connectivity index (χ2n) is 7.76. The lowest BCUT2D eigenvalue weighted by Crippen LogP contribution is -2.45. The fraction of sp³-hybridized carbons (Fsp3) is 0.737. The molecule has 1 amide bonds. The van der Waals surface area contributed by atoms with Gasteiger partial charge in [0.1, 0.15) is 12.6 Å². The van der Waals surface area contributed by atoms with Gasteiger partial charge < -0.3 is 19.8 Å². The Morgan fingerprint density at radius 1 is 1.46 bits per heavy atom. The van der Waals surface area contributed by atoms with E-state index in [1.54, 1.807) is 6.20 Å². The lowest BCUT2D eigenvalue weighted by molar-refractivity contribution is -0.146. The van der Waals surface area contributed by atoms with Gasteiger partial charge in [0.2, 0.25) is 5.91 Å². The van der Waals surface area contributed by atoms with Gasteiger partial charge in [0.15, 0.2) is 0 Å². The zero-order chi connectivity index (χ0) is 19.2. The third kappa shape index (κ3) is 5.56. The van der Waals surface area contributed by atoms with Crippen molar-refractivity contribution in [2.75, 3.05) is 13.7 Å². The molecule has 3 atom stereocenters. The van der Waals surface area contributed by atoms with Crippen molar-refractivity contribution in [3.8, 4) is 0 Å². The van der Waals surface area contributed by atoms with E-state index in [-0.39, 0.29) is 24.0 Å². The van der Waals surface area contributed by atoms with E-state index in [1.165, 1.54) is 19.9 Å². The summed E-state index contributed by atoms with van der Waals surface area (Å²) in [6, 6.07) is -0.760. The quantitative estimate of drug-likeness (QED) is 0.689. The second-order valence-corrected chi connectivity index (χ2v) is 7.76. The summed E-state index contributed by atoms with van der Waals surface area (Å²) in [5.74, 6) is -0.212. The largest absolute Gasteiger partial charge is 0.467 e. The van der Waals surface area contributed by atoms with Crippen molar-refractivity contribution >= 4 is 11.9 Å². The summed E-state index contributed by atoms with van der Waals surface area (Å²) in [6.45, 7) is 6.73. The minimum atomic E-state index is -0.760. The molecule has 1 aliphatic carbocycles. The van der Waals surface area contributed by atoms with Crippen molar-refractivity contribution in [2.45, 2.75) is 65.0 Å². The molecule has 2 unspecified atom stereocenters. The lowest BCUT2D eigenvalue weighted by atomic mass is 9.67. The maximum atomic E-state index is 12.3. The van der Waals surface area contributed by atoms with Gasteiger partial charge in [-0.2, -0.15) is 0 Å². The van der Waals surface area contributed by atoms with Crippen LogP contribution in [-0.4, -0.2) is 47.7 Å². The van der Waals surface area contributed by atoms with Crippen molar-refractivity contribution < 1.29 is 19.1 Å². The Kier molecular flexibility index (Phi) is 7.20. The highest BCUT2D eigenvalue weighted by molar-refractivity contribution is 5.85. The van der Waals surface area contributed by atoms with E-state index < -0.39 is 12.0 Å². The SMILES string of the molecule is COC(=O)[C@@H](Cc1cnc[nH]1)NC(=O)COC1CCCC(C)(C(C)C)C1. The molecule has 7 nitrogen and oxygen atoms in total. The van der Waals surface area contributed by atoms with Crippen LogP contribution >= 0.6 is 0 Å². The molecule has 1 aliphatic rings. The smallest absolute Gasteiger partial charge is 0.328 e. The van der Waals surface area contributed by atoms with E-state index in [4.69, 9.17) is 9.47 Å². The second kappa shape index (κ2) is 9.16. The molecule has 2 rings (SSSR count). The summed E-state index contributed by atoms with van der Waals surface area (Å²) in [4.78, 5) is 31.0.